The van der Waals surface area contributed by atoms with Gasteiger partial charge in [-0.2, -0.15) is 0 Å². The van der Waals surface area contributed by atoms with Gasteiger partial charge in [0.1, 0.15) is 0 Å². The van der Waals surface area contributed by atoms with Gasteiger partial charge in [-0.1, -0.05) is 29.3 Å². The van der Waals surface area contributed by atoms with Crippen LogP contribution in [0.15, 0.2) is 66.1 Å². The highest BCUT2D eigenvalue weighted by Gasteiger charge is 2.19. The number of nitrogens with zero attached hydrogens (tertiary/aromatic N) is 4. The van der Waals surface area contributed by atoms with E-state index in [1.54, 1.807) is 6.20 Å². The zero-order valence-corrected chi connectivity index (χ0v) is 18.7. The van der Waals surface area contributed by atoms with Crippen LogP contribution < -0.4 is 4.90 Å². The summed E-state index contributed by atoms with van der Waals surface area (Å²) in [7, 11) is 2.18. The summed E-state index contributed by atoms with van der Waals surface area (Å²) >= 11 is 14.5. The van der Waals surface area contributed by atoms with Crippen LogP contribution in [0, 0.1) is 0 Å². The minimum absolute atomic E-state index is 0.156. The molecule has 0 saturated carbocycles. The van der Waals surface area contributed by atoms with Gasteiger partial charge >= 0.3 is 0 Å². The summed E-state index contributed by atoms with van der Waals surface area (Å²) < 4.78 is 2.08. The van der Waals surface area contributed by atoms with Gasteiger partial charge in [-0.3, -0.25) is 0 Å². The highest BCUT2D eigenvalue weighted by Crippen LogP contribution is 2.40. The standard InChI is InChI=1S/C22H24Cl2N4S/c1-26-10-12-28(13-11-26)18-3-5-19(6-4-18)29-22(15-27-9-8-25-16-27)20-7-2-17(23)14-21(20)24/h2-9,14,16,22H,10-13,15H2,1H3. The van der Waals surface area contributed by atoms with Crippen LogP contribution >= 0.6 is 35.0 Å². The molecule has 0 radical (unpaired) electrons. The fourth-order valence-corrected chi connectivity index (χ4v) is 5.32. The number of piperazine rings is 1. The molecule has 2 aromatic carbocycles. The first-order valence-corrected chi connectivity index (χ1v) is 11.3. The largest absolute Gasteiger partial charge is 0.369 e. The van der Waals surface area contributed by atoms with E-state index in [2.05, 4.69) is 50.7 Å². The second-order valence-corrected chi connectivity index (χ2v) is 9.44. The molecule has 1 unspecified atom stereocenters. The Labute approximate surface area is 186 Å². The van der Waals surface area contributed by atoms with Crippen molar-refractivity contribution in [1.82, 2.24) is 14.5 Å². The molecule has 0 bridgehead atoms. The smallest absolute Gasteiger partial charge is 0.0946 e. The number of anilines is 1. The van der Waals surface area contributed by atoms with E-state index in [1.807, 2.05) is 42.5 Å². The number of hydrogen-bond donors (Lipinski definition) is 0. The molecule has 1 aliphatic rings. The van der Waals surface area contributed by atoms with Crippen LogP contribution in [-0.2, 0) is 6.54 Å². The second kappa shape index (κ2) is 9.43. The lowest BCUT2D eigenvalue weighted by Crippen LogP contribution is -2.44. The van der Waals surface area contributed by atoms with Crippen LogP contribution in [0.3, 0.4) is 0 Å². The van der Waals surface area contributed by atoms with E-state index in [9.17, 15) is 0 Å². The number of rotatable bonds is 6. The second-order valence-electron chi connectivity index (χ2n) is 7.32. The molecule has 1 aromatic heterocycles. The molecule has 1 aliphatic heterocycles. The summed E-state index contributed by atoms with van der Waals surface area (Å²) in [5.41, 5.74) is 2.37. The molecule has 0 N–H and O–H groups in total. The third kappa shape index (κ3) is 5.28. The van der Waals surface area contributed by atoms with Crippen molar-refractivity contribution in [2.75, 3.05) is 38.1 Å². The van der Waals surface area contributed by atoms with Gasteiger partial charge in [0.25, 0.3) is 0 Å². The topological polar surface area (TPSA) is 24.3 Å². The average Bonchev–Trinajstić information content (AvgIpc) is 3.22. The molecule has 1 atom stereocenters. The van der Waals surface area contributed by atoms with E-state index in [0.717, 1.165) is 38.3 Å². The van der Waals surface area contributed by atoms with Crippen molar-refractivity contribution >= 4 is 40.7 Å². The van der Waals surface area contributed by atoms with E-state index in [-0.39, 0.29) is 5.25 Å². The first kappa shape index (κ1) is 20.6. The van der Waals surface area contributed by atoms with Gasteiger partial charge in [0.2, 0.25) is 0 Å². The van der Waals surface area contributed by atoms with E-state index in [4.69, 9.17) is 23.2 Å². The molecule has 2 heterocycles. The SMILES string of the molecule is CN1CCN(c2ccc(SC(Cn3ccnc3)c3ccc(Cl)cc3Cl)cc2)CC1. The molecule has 0 aliphatic carbocycles. The number of thioether (sulfide) groups is 1. The Morgan fingerprint density at radius 3 is 2.45 bits per heavy atom. The lowest BCUT2D eigenvalue weighted by atomic mass is 10.1. The lowest BCUT2D eigenvalue weighted by Gasteiger charge is -2.34. The minimum atomic E-state index is 0.156. The van der Waals surface area contributed by atoms with Gasteiger partial charge in [-0.05, 0) is 49.0 Å². The van der Waals surface area contributed by atoms with Crippen LogP contribution in [0.1, 0.15) is 10.8 Å². The molecule has 0 amide bonds. The van der Waals surface area contributed by atoms with Crippen molar-refractivity contribution in [1.29, 1.82) is 0 Å². The molecule has 7 heteroatoms. The summed E-state index contributed by atoms with van der Waals surface area (Å²) in [6, 6.07) is 14.6. The Morgan fingerprint density at radius 1 is 1.03 bits per heavy atom. The third-order valence-electron chi connectivity index (χ3n) is 5.23. The maximum Gasteiger partial charge on any atom is 0.0946 e. The Morgan fingerprint density at radius 2 is 1.79 bits per heavy atom. The Balaban J connectivity index is 1.52. The first-order valence-electron chi connectivity index (χ1n) is 9.69. The molecular formula is C22H24Cl2N4S. The van der Waals surface area contributed by atoms with Gasteiger partial charge in [0.15, 0.2) is 0 Å². The number of benzene rings is 2. The third-order valence-corrected chi connectivity index (χ3v) is 7.02. The first-order chi connectivity index (χ1) is 14.1. The van der Waals surface area contributed by atoms with Crippen molar-refractivity contribution in [2.24, 2.45) is 0 Å². The normalized spacial score (nSPS) is 16.2. The zero-order chi connectivity index (χ0) is 20.2. The molecule has 29 heavy (non-hydrogen) atoms. The maximum absolute atomic E-state index is 6.54. The molecule has 1 saturated heterocycles. The van der Waals surface area contributed by atoms with Crippen molar-refractivity contribution < 1.29 is 0 Å². The zero-order valence-electron chi connectivity index (χ0n) is 16.3. The number of likely N-dealkylation sites (N-methyl/N-ethyl adjacent to an activating group) is 1. The van der Waals surface area contributed by atoms with Crippen molar-refractivity contribution in [3.8, 4) is 0 Å². The minimum Gasteiger partial charge on any atom is -0.369 e. The summed E-state index contributed by atoms with van der Waals surface area (Å²) in [6.45, 7) is 5.16. The van der Waals surface area contributed by atoms with Gasteiger partial charge in [0.05, 0.1) is 11.6 Å². The monoisotopic (exact) mass is 446 g/mol. The lowest BCUT2D eigenvalue weighted by molar-refractivity contribution is 0.313. The molecule has 1 fully saturated rings. The Bertz CT molecular complexity index is 922. The quantitative estimate of drug-likeness (QED) is 0.468. The summed E-state index contributed by atoms with van der Waals surface area (Å²) in [4.78, 5) is 10.2. The van der Waals surface area contributed by atoms with Crippen LogP contribution in [0.25, 0.3) is 0 Å². The van der Waals surface area contributed by atoms with Crippen LogP contribution in [0.2, 0.25) is 10.0 Å². The predicted molar refractivity (Wildman–Crippen MR) is 123 cm³/mol. The summed E-state index contributed by atoms with van der Waals surface area (Å²) in [5, 5.41) is 1.51. The number of aromatic nitrogens is 2. The molecule has 152 valence electrons. The van der Waals surface area contributed by atoms with Crippen LogP contribution in [-0.4, -0.2) is 47.7 Å². The van der Waals surface area contributed by atoms with E-state index < -0.39 is 0 Å². The van der Waals surface area contributed by atoms with Crippen molar-refractivity contribution in [2.45, 2.75) is 16.7 Å². The highest BCUT2D eigenvalue weighted by molar-refractivity contribution is 7.99. The Kier molecular flexibility index (Phi) is 6.70. The fraction of sp³-hybridized carbons (Fsp3) is 0.318. The summed E-state index contributed by atoms with van der Waals surface area (Å²) in [6.07, 6.45) is 5.62. The Hall–Kier alpha value is -1.66. The van der Waals surface area contributed by atoms with Gasteiger partial charge in [0, 0.05) is 65.7 Å². The fourth-order valence-electron chi connectivity index (χ4n) is 3.51. The molecule has 0 spiro atoms. The van der Waals surface area contributed by atoms with E-state index >= 15 is 0 Å². The van der Waals surface area contributed by atoms with E-state index in [0.29, 0.717) is 10.0 Å². The predicted octanol–water partition coefficient (Wildman–Crippen LogP) is 5.48. The van der Waals surface area contributed by atoms with E-state index in [1.165, 1.54) is 10.6 Å². The highest BCUT2D eigenvalue weighted by atomic mass is 35.5. The maximum atomic E-state index is 6.54. The molecule has 4 rings (SSSR count). The van der Waals surface area contributed by atoms with Crippen LogP contribution in [0.4, 0.5) is 5.69 Å². The number of hydrogen-bond acceptors (Lipinski definition) is 4. The average molecular weight is 447 g/mol. The molecular weight excluding hydrogens is 423 g/mol. The molecule has 4 nitrogen and oxygen atoms in total. The van der Waals surface area contributed by atoms with Gasteiger partial charge in [-0.15, -0.1) is 11.8 Å². The van der Waals surface area contributed by atoms with Crippen LogP contribution in [0.5, 0.6) is 0 Å². The van der Waals surface area contributed by atoms with Gasteiger partial charge < -0.3 is 14.4 Å². The number of imidazole rings is 1. The van der Waals surface area contributed by atoms with Crippen molar-refractivity contribution in [3.63, 3.8) is 0 Å². The van der Waals surface area contributed by atoms with Gasteiger partial charge in [-0.25, -0.2) is 4.98 Å². The number of halogens is 2. The summed E-state index contributed by atoms with van der Waals surface area (Å²) in [5.74, 6) is 0. The van der Waals surface area contributed by atoms with Crippen molar-refractivity contribution in [3.05, 3.63) is 76.8 Å². The molecule has 3 aromatic rings.